The van der Waals surface area contributed by atoms with Crippen LogP contribution < -0.4 is 21.5 Å². The third-order valence-electron chi connectivity index (χ3n) is 8.49. The van der Waals surface area contributed by atoms with Crippen LogP contribution in [0.1, 0.15) is 48.5 Å². The van der Waals surface area contributed by atoms with Gasteiger partial charge in [0, 0.05) is 16.8 Å². The van der Waals surface area contributed by atoms with Crippen molar-refractivity contribution in [1.82, 2.24) is 15.0 Å². The lowest BCUT2D eigenvalue weighted by molar-refractivity contribution is 0.0980. The van der Waals surface area contributed by atoms with E-state index < -0.39 is 79.1 Å². The zero-order chi connectivity index (χ0) is 39.7. The monoisotopic (exact) mass is 815 g/mol. The lowest BCUT2D eigenvalue weighted by Crippen LogP contribution is -2.30. The van der Waals surface area contributed by atoms with E-state index in [9.17, 15) is 48.5 Å². The molecule has 6 rings (SSSR count). The van der Waals surface area contributed by atoms with Gasteiger partial charge in [-0.1, -0.05) is 36.4 Å². The zero-order valence-electron chi connectivity index (χ0n) is 27.9. The Labute approximate surface area is 312 Å². The molecule has 0 spiro atoms. The topological polar surface area (TPSA) is 289 Å². The Bertz CT molecular complexity index is 2820. The fourth-order valence-corrected chi connectivity index (χ4v) is 8.70. The van der Waals surface area contributed by atoms with Crippen LogP contribution in [0.3, 0.4) is 0 Å². The van der Waals surface area contributed by atoms with Crippen LogP contribution in [0.2, 0.25) is 5.28 Å². The van der Waals surface area contributed by atoms with Gasteiger partial charge in [0.1, 0.15) is 21.0 Å². The number of aromatic nitrogens is 3. The van der Waals surface area contributed by atoms with Gasteiger partial charge in [-0.3, -0.25) is 28.7 Å². The maximum atomic E-state index is 14.0. The number of rotatable bonds is 9. The lowest BCUT2D eigenvalue weighted by Gasteiger charge is -2.31. The third kappa shape index (κ3) is 6.61. The molecule has 4 aromatic carbocycles. The van der Waals surface area contributed by atoms with Crippen molar-refractivity contribution in [2.45, 2.75) is 35.5 Å². The Morgan fingerprint density at radius 1 is 0.722 bits per heavy atom. The van der Waals surface area contributed by atoms with Gasteiger partial charge in [-0.2, -0.15) is 35.2 Å². The SMILES string of the molecule is Cc1c(Nc2cc(S(=O)(=O)O)c(N)c3c2C(=O)c2ccccc2C3=O)c(C)c(S(=O)(=O)O)c(C)c1N(Nc1ccccc1S(=O)(=O)O)c1ncnc(Cl)n1. The van der Waals surface area contributed by atoms with E-state index in [1.54, 1.807) is 0 Å². The van der Waals surface area contributed by atoms with Crippen molar-refractivity contribution >= 4 is 87.9 Å². The quantitative estimate of drug-likeness (QED) is 0.0667. The van der Waals surface area contributed by atoms with Crippen molar-refractivity contribution in [2.75, 3.05) is 21.5 Å². The van der Waals surface area contributed by atoms with Crippen LogP contribution in [0, 0.1) is 20.8 Å². The molecular weight excluding hydrogens is 790 g/mol. The number of carbonyl (C=O) groups excluding carboxylic acids is 2. The maximum absolute atomic E-state index is 14.0. The van der Waals surface area contributed by atoms with Crippen LogP contribution in [0.5, 0.6) is 0 Å². The molecule has 0 aliphatic heterocycles. The predicted octanol–water partition coefficient (Wildman–Crippen LogP) is 4.46. The van der Waals surface area contributed by atoms with E-state index >= 15 is 0 Å². The molecule has 0 saturated heterocycles. The molecule has 280 valence electrons. The van der Waals surface area contributed by atoms with Gasteiger partial charge in [0.05, 0.1) is 33.9 Å². The Morgan fingerprint density at radius 3 is 1.87 bits per heavy atom. The number of fused-ring (bicyclic) bond motifs is 2. The number of hydrogen-bond acceptors (Lipinski definition) is 15. The summed E-state index contributed by atoms with van der Waals surface area (Å²) in [6.07, 6.45) is 0.980. The third-order valence-corrected chi connectivity index (χ3v) is 11.6. The highest BCUT2D eigenvalue weighted by molar-refractivity contribution is 7.86. The second-order valence-corrected chi connectivity index (χ2v) is 16.2. The first-order valence-electron chi connectivity index (χ1n) is 15.1. The minimum absolute atomic E-state index is 0.0553. The van der Waals surface area contributed by atoms with E-state index in [1.807, 2.05) is 0 Å². The van der Waals surface area contributed by atoms with Gasteiger partial charge < -0.3 is 11.1 Å². The summed E-state index contributed by atoms with van der Waals surface area (Å²) in [7, 11) is -15.2. The molecular formula is C32H26ClN7O11S3. The van der Waals surface area contributed by atoms with E-state index in [1.165, 1.54) is 63.2 Å². The van der Waals surface area contributed by atoms with Crippen molar-refractivity contribution in [3.05, 3.63) is 105 Å². The van der Waals surface area contributed by atoms with Gasteiger partial charge in [0.25, 0.3) is 36.3 Å². The molecule has 22 heteroatoms. The first kappa shape index (κ1) is 38.2. The number of nitrogens with zero attached hydrogens (tertiary/aromatic N) is 4. The Morgan fingerprint density at radius 2 is 1.30 bits per heavy atom. The molecule has 0 saturated carbocycles. The number of nitrogen functional groups attached to an aromatic ring is 1. The minimum Gasteiger partial charge on any atom is -0.397 e. The highest BCUT2D eigenvalue weighted by atomic mass is 35.5. The molecule has 7 N–H and O–H groups in total. The second-order valence-electron chi connectivity index (χ2n) is 11.8. The van der Waals surface area contributed by atoms with Crippen LogP contribution >= 0.6 is 11.6 Å². The number of hydrazine groups is 1. The summed E-state index contributed by atoms with van der Waals surface area (Å²) < 4.78 is 107. The largest absolute Gasteiger partial charge is 0.397 e. The van der Waals surface area contributed by atoms with Gasteiger partial charge in [-0.25, -0.2) is 9.99 Å². The number of anilines is 6. The van der Waals surface area contributed by atoms with Crippen LogP contribution in [-0.4, -0.2) is 65.4 Å². The van der Waals surface area contributed by atoms with Crippen LogP contribution in [-0.2, 0) is 30.4 Å². The predicted molar refractivity (Wildman–Crippen MR) is 195 cm³/mol. The number of carbonyl (C=O) groups is 2. The van der Waals surface area contributed by atoms with E-state index in [2.05, 4.69) is 25.7 Å². The molecule has 0 amide bonds. The number of para-hydroxylation sites is 1. The summed E-state index contributed by atoms with van der Waals surface area (Å²) in [4.78, 5) is 37.4. The maximum Gasteiger partial charge on any atom is 0.296 e. The zero-order valence-corrected chi connectivity index (χ0v) is 31.1. The summed E-state index contributed by atoms with van der Waals surface area (Å²) >= 11 is 6.08. The minimum atomic E-state index is -5.16. The smallest absolute Gasteiger partial charge is 0.296 e. The van der Waals surface area contributed by atoms with Crippen molar-refractivity contribution in [3.63, 3.8) is 0 Å². The van der Waals surface area contributed by atoms with Gasteiger partial charge >= 0.3 is 0 Å². The fourth-order valence-electron chi connectivity index (χ4n) is 6.32. The highest BCUT2D eigenvalue weighted by Crippen LogP contribution is 2.45. The van der Waals surface area contributed by atoms with Crippen LogP contribution in [0.25, 0.3) is 0 Å². The number of nitrogens with two attached hydrogens (primary N) is 1. The summed E-state index contributed by atoms with van der Waals surface area (Å²) in [5, 5.41) is 3.46. The Balaban J connectivity index is 1.69. The molecule has 0 bridgehead atoms. The van der Waals surface area contributed by atoms with E-state index in [0.29, 0.717) is 0 Å². The normalized spacial score (nSPS) is 12.9. The summed E-state index contributed by atoms with van der Waals surface area (Å²) in [6, 6.07) is 11.5. The first-order chi connectivity index (χ1) is 25.1. The average molecular weight is 816 g/mol. The van der Waals surface area contributed by atoms with E-state index in [0.717, 1.165) is 23.5 Å². The van der Waals surface area contributed by atoms with Crippen LogP contribution in [0.15, 0.2) is 75.6 Å². The fraction of sp³-hybridized carbons (Fsp3) is 0.0938. The molecule has 0 fully saturated rings. The molecule has 0 radical (unpaired) electrons. The number of nitrogens with one attached hydrogen (secondary N) is 2. The summed E-state index contributed by atoms with van der Waals surface area (Å²) in [6.45, 7) is 3.98. The molecule has 1 heterocycles. The number of ketones is 2. The van der Waals surface area contributed by atoms with Gasteiger partial charge in [0.15, 0.2) is 11.6 Å². The first-order valence-corrected chi connectivity index (χ1v) is 19.8. The molecule has 1 aromatic heterocycles. The van der Waals surface area contributed by atoms with Gasteiger partial charge in [0.2, 0.25) is 5.28 Å². The van der Waals surface area contributed by atoms with Crippen molar-refractivity contribution in [2.24, 2.45) is 0 Å². The van der Waals surface area contributed by atoms with Crippen molar-refractivity contribution in [3.8, 4) is 0 Å². The molecule has 5 aromatic rings. The standard InChI is InChI=1S/C32H26ClN7O11S3/c1-14-26(37-20-12-22(53(46,47)48)25(34)24-23(20)28(41)17-8-4-5-9-18(17)29(24)42)15(2)30(54(49,50)51)16(3)27(14)40(32-36-13-35-31(33)38-32)39-19-10-6-7-11-21(19)52(43,44)45/h4-13,37,39H,34H2,1-3H3,(H,43,44,45)(H,46,47,48)(H,49,50,51). The summed E-state index contributed by atoms with van der Waals surface area (Å²) in [5.74, 6) is -1.99. The molecule has 1 aliphatic carbocycles. The van der Waals surface area contributed by atoms with Gasteiger partial charge in [-0.15, -0.1) is 0 Å². The number of hydrogen-bond donors (Lipinski definition) is 6. The highest BCUT2D eigenvalue weighted by Gasteiger charge is 2.38. The van der Waals surface area contributed by atoms with Crippen molar-refractivity contribution < 1.29 is 48.5 Å². The number of benzene rings is 4. The van der Waals surface area contributed by atoms with Crippen molar-refractivity contribution in [1.29, 1.82) is 0 Å². The Hall–Kier alpha value is -5.55. The number of halogens is 1. The van der Waals surface area contributed by atoms with Crippen LogP contribution in [0.4, 0.5) is 34.4 Å². The van der Waals surface area contributed by atoms with E-state index in [-0.39, 0.29) is 56.1 Å². The Kier molecular flexibility index (Phi) is 9.47. The lowest BCUT2D eigenvalue weighted by atomic mass is 9.82. The van der Waals surface area contributed by atoms with Gasteiger partial charge in [-0.05, 0) is 67.3 Å². The second kappa shape index (κ2) is 13.4. The molecule has 54 heavy (non-hydrogen) atoms. The van der Waals surface area contributed by atoms with E-state index in [4.69, 9.17) is 17.3 Å². The molecule has 18 nitrogen and oxygen atoms in total. The molecule has 0 atom stereocenters. The average Bonchev–Trinajstić information content (AvgIpc) is 3.07. The molecule has 0 unspecified atom stereocenters. The summed E-state index contributed by atoms with van der Waals surface area (Å²) in [5.41, 5.74) is 5.64. The molecule has 1 aliphatic rings.